The highest BCUT2D eigenvalue weighted by molar-refractivity contribution is 5.94. The standard InChI is InChI=1S/C19H22N2O2/c1-13-7-9-15(10-8-13)23-18-6-4-3-5-17(18)21-19(22)16-12-20-11-14(16)2/h3-10,14,16,20H,11-12H2,1-2H3,(H,21,22)/t14-,16-/m1/s1. The van der Waals surface area contributed by atoms with Crippen LogP contribution in [0.5, 0.6) is 11.5 Å². The molecule has 2 aromatic rings. The van der Waals surface area contributed by atoms with Crippen molar-refractivity contribution in [2.24, 2.45) is 11.8 Å². The summed E-state index contributed by atoms with van der Waals surface area (Å²) in [6, 6.07) is 15.4. The molecule has 2 atom stereocenters. The van der Waals surface area contributed by atoms with E-state index in [1.165, 1.54) is 5.56 Å². The molecule has 4 nitrogen and oxygen atoms in total. The molecule has 0 saturated carbocycles. The van der Waals surface area contributed by atoms with Crippen LogP contribution in [0.3, 0.4) is 0 Å². The van der Waals surface area contributed by atoms with Crippen LogP contribution in [0.25, 0.3) is 0 Å². The van der Waals surface area contributed by atoms with Gasteiger partial charge in [-0.2, -0.15) is 0 Å². The van der Waals surface area contributed by atoms with Crippen LogP contribution in [0, 0.1) is 18.8 Å². The van der Waals surface area contributed by atoms with Crippen molar-refractivity contribution in [3.05, 3.63) is 54.1 Å². The second kappa shape index (κ2) is 6.84. The predicted octanol–water partition coefficient (Wildman–Crippen LogP) is 3.58. The van der Waals surface area contributed by atoms with Crippen LogP contribution in [0.15, 0.2) is 48.5 Å². The molecular weight excluding hydrogens is 288 g/mol. The van der Waals surface area contributed by atoms with E-state index in [0.717, 1.165) is 18.8 Å². The van der Waals surface area contributed by atoms with E-state index in [0.29, 0.717) is 17.4 Å². The number of nitrogens with one attached hydrogen (secondary N) is 2. The van der Waals surface area contributed by atoms with E-state index in [4.69, 9.17) is 4.74 Å². The minimum absolute atomic E-state index is 0.00225. The molecule has 0 bridgehead atoms. The van der Waals surface area contributed by atoms with E-state index in [-0.39, 0.29) is 11.8 Å². The van der Waals surface area contributed by atoms with Crippen molar-refractivity contribution < 1.29 is 9.53 Å². The molecule has 1 amide bonds. The third-order valence-corrected chi connectivity index (χ3v) is 4.25. The molecule has 1 aliphatic rings. The highest BCUT2D eigenvalue weighted by atomic mass is 16.5. The maximum atomic E-state index is 12.5. The van der Waals surface area contributed by atoms with Crippen molar-refractivity contribution in [3.8, 4) is 11.5 Å². The summed E-state index contributed by atoms with van der Waals surface area (Å²) in [6.07, 6.45) is 0. The number of amides is 1. The van der Waals surface area contributed by atoms with Gasteiger partial charge in [0.2, 0.25) is 5.91 Å². The van der Waals surface area contributed by atoms with E-state index >= 15 is 0 Å². The Balaban J connectivity index is 1.75. The van der Waals surface area contributed by atoms with Gasteiger partial charge < -0.3 is 15.4 Å². The number of carbonyl (C=O) groups is 1. The van der Waals surface area contributed by atoms with E-state index in [1.807, 2.05) is 55.5 Å². The lowest BCUT2D eigenvalue weighted by Gasteiger charge is -2.16. The fourth-order valence-electron chi connectivity index (χ4n) is 2.78. The summed E-state index contributed by atoms with van der Waals surface area (Å²) in [6.45, 7) is 5.75. The molecule has 3 rings (SSSR count). The smallest absolute Gasteiger partial charge is 0.229 e. The van der Waals surface area contributed by atoms with Gasteiger partial charge in [-0.05, 0) is 43.7 Å². The quantitative estimate of drug-likeness (QED) is 0.907. The fourth-order valence-corrected chi connectivity index (χ4v) is 2.78. The monoisotopic (exact) mass is 310 g/mol. The maximum Gasteiger partial charge on any atom is 0.229 e. The summed E-state index contributed by atoms with van der Waals surface area (Å²) < 4.78 is 5.92. The van der Waals surface area contributed by atoms with Crippen LogP contribution in [0.4, 0.5) is 5.69 Å². The van der Waals surface area contributed by atoms with Crippen LogP contribution in [-0.2, 0) is 4.79 Å². The lowest BCUT2D eigenvalue weighted by molar-refractivity contribution is -0.120. The van der Waals surface area contributed by atoms with Crippen LogP contribution in [-0.4, -0.2) is 19.0 Å². The van der Waals surface area contributed by atoms with Gasteiger partial charge >= 0.3 is 0 Å². The van der Waals surface area contributed by atoms with Crippen molar-refractivity contribution in [1.82, 2.24) is 5.32 Å². The Labute approximate surface area is 136 Å². The zero-order valence-corrected chi connectivity index (χ0v) is 13.5. The summed E-state index contributed by atoms with van der Waals surface area (Å²) in [5.41, 5.74) is 1.89. The Morgan fingerprint density at radius 1 is 1.13 bits per heavy atom. The van der Waals surface area contributed by atoms with E-state index in [9.17, 15) is 4.79 Å². The molecular formula is C19H22N2O2. The Morgan fingerprint density at radius 3 is 2.57 bits per heavy atom. The van der Waals surface area contributed by atoms with Crippen LogP contribution in [0.1, 0.15) is 12.5 Å². The molecule has 0 radical (unpaired) electrons. The molecule has 0 aromatic heterocycles. The number of hydrogen-bond donors (Lipinski definition) is 2. The SMILES string of the molecule is Cc1ccc(Oc2ccccc2NC(=O)[C@@H]2CNC[C@H]2C)cc1. The summed E-state index contributed by atoms with van der Waals surface area (Å²) >= 11 is 0. The molecule has 1 fully saturated rings. The summed E-state index contributed by atoms with van der Waals surface area (Å²) in [4.78, 5) is 12.5. The van der Waals surface area contributed by atoms with E-state index in [1.54, 1.807) is 0 Å². The van der Waals surface area contributed by atoms with Crippen LogP contribution < -0.4 is 15.4 Å². The number of rotatable bonds is 4. The molecule has 1 aliphatic heterocycles. The van der Waals surface area contributed by atoms with Gasteiger partial charge in [-0.15, -0.1) is 0 Å². The van der Waals surface area contributed by atoms with Gasteiger partial charge in [0.05, 0.1) is 11.6 Å². The lowest BCUT2D eigenvalue weighted by atomic mass is 9.97. The van der Waals surface area contributed by atoms with Crippen molar-refractivity contribution in [2.45, 2.75) is 13.8 Å². The number of hydrogen-bond acceptors (Lipinski definition) is 3. The number of carbonyl (C=O) groups excluding carboxylic acids is 1. The maximum absolute atomic E-state index is 12.5. The number of aryl methyl sites for hydroxylation is 1. The first-order chi connectivity index (χ1) is 11.1. The Bertz CT molecular complexity index is 682. The molecule has 0 spiro atoms. The van der Waals surface area contributed by atoms with Crippen molar-refractivity contribution in [3.63, 3.8) is 0 Å². The summed E-state index contributed by atoms with van der Waals surface area (Å²) in [5.74, 6) is 1.81. The molecule has 0 aliphatic carbocycles. The zero-order valence-electron chi connectivity index (χ0n) is 13.5. The molecule has 2 aromatic carbocycles. The fraction of sp³-hybridized carbons (Fsp3) is 0.316. The van der Waals surface area contributed by atoms with Gasteiger partial charge in [0.25, 0.3) is 0 Å². The number of ether oxygens (including phenoxy) is 1. The summed E-state index contributed by atoms with van der Waals surface area (Å²) in [5, 5.41) is 6.27. The van der Waals surface area contributed by atoms with Crippen molar-refractivity contribution in [1.29, 1.82) is 0 Å². The van der Waals surface area contributed by atoms with Gasteiger partial charge in [0.15, 0.2) is 5.75 Å². The van der Waals surface area contributed by atoms with Gasteiger partial charge in [-0.25, -0.2) is 0 Å². The average molecular weight is 310 g/mol. The normalized spacial score (nSPS) is 20.3. The Morgan fingerprint density at radius 2 is 1.87 bits per heavy atom. The molecule has 120 valence electrons. The van der Waals surface area contributed by atoms with Gasteiger partial charge in [0, 0.05) is 6.54 Å². The number of anilines is 1. The molecule has 1 heterocycles. The van der Waals surface area contributed by atoms with E-state index in [2.05, 4.69) is 17.6 Å². The topological polar surface area (TPSA) is 50.4 Å². The highest BCUT2D eigenvalue weighted by Crippen LogP contribution is 2.30. The third-order valence-electron chi connectivity index (χ3n) is 4.25. The largest absolute Gasteiger partial charge is 0.455 e. The van der Waals surface area contributed by atoms with Crippen molar-refractivity contribution in [2.75, 3.05) is 18.4 Å². The van der Waals surface area contributed by atoms with Crippen molar-refractivity contribution >= 4 is 11.6 Å². The number of benzene rings is 2. The molecule has 23 heavy (non-hydrogen) atoms. The number of para-hydroxylation sites is 2. The zero-order chi connectivity index (χ0) is 16.2. The van der Waals surface area contributed by atoms with Crippen LogP contribution >= 0.6 is 0 Å². The first kappa shape index (κ1) is 15.6. The first-order valence-electron chi connectivity index (χ1n) is 7.98. The Kier molecular flexibility index (Phi) is 4.63. The average Bonchev–Trinajstić information content (AvgIpc) is 2.97. The highest BCUT2D eigenvalue weighted by Gasteiger charge is 2.29. The van der Waals surface area contributed by atoms with Gasteiger partial charge in [-0.1, -0.05) is 36.8 Å². The van der Waals surface area contributed by atoms with Crippen LogP contribution in [0.2, 0.25) is 0 Å². The minimum atomic E-state index is 0.00225. The molecule has 4 heteroatoms. The second-order valence-electron chi connectivity index (χ2n) is 6.14. The minimum Gasteiger partial charge on any atom is -0.455 e. The first-order valence-corrected chi connectivity index (χ1v) is 7.98. The predicted molar refractivity (Wildman–Crippen MR) is 91.8 cm³/mol. The van der Waals surface area contributed by atoms with Gasteiger partial charge in [-0.3, -0.25) is 4.79 Å². The molecule has 0 unspecified atom stereocenters. The van der Waals surface area contributed by atoms with E-state index < -0.39 is 0 Å². The third kappa shape index (κ3) is 3.71. The van der Waals surface area contributed by atoms with Gasteiger partial charge in [0.1, 0.15) is 5.75 Å². The molecule has 1 saturated heterocycles. The Hall–Kier alpha value is -2.33. The lowest BCUT2D eigenvalue weighted by Crippen LogP contribution is -2.27. The summed E-state index contributed by atoms with van der Waals surface area (Å²) in [7, 11) is 0. The molecule has 2 N–H and O–H groups in total. The second-order valence-corrected chi connectivity index (χ2v) is 6.14.